The number of hydrogen-bond acceptors (Lipinski definition) is 4. The molecule has 1 aromatic carbocycles. The third-order valence-electron chi connectivity index (χ3n) is 2.56. The number of ether oxygens (including phenoxy) is 2. The number of rotatable bonds is 6. The summed E-state index contributed by atoms with van der Waals surface area (Å²) in [6.45, 7) is 0.653. The highest BCUT2D eigenvalue weighted by Crippen LogP contribution is 2.30. The average molecular weight is 224 g/mol. The van der Waals surface area contributed by atoms with E-state index in [2.05, 4.69) is 0 Å². The maximum Gasteiger partial charge on any atom is 0.123 e. The Labute approximate surface area is 96.5 Å². The first kappa shape index (κ1) is 12.8. The largest absolute Gasteiger partial charge is 0.497 e. The van der Waals surface area contributed by atoms with Crippen molar-refractivity contribution in [3.05, 3.63) is 23.8 Å². The van der Waals surface area contributed by atoms with Gasteiger partial charge in [-0.05, 0) is 37.6 Å². The normalized spacial score (nSPS) is 12.2. The van der Waals surface area contributed by atoms with Gasteiger partial charge in [-0.25, -0.2) is 0 Å². The fraction of sp³-hybridized carbons (Fsp3) is 0.500. The molecule has 0 aliphatic carbocycles. The lowest BCUT2D eigenvalue weighted by Crippen LogP contribution is -2.13. The molecule has 4 heteroatoms. The Morgan fingerprint density at radius 1 is 1.25 bits per heavy atom. The van der Waals surface area contributed by atoms with E-state index >= 15 is 0 Å². The van der Waals surface area contributed by atoms with E-state index in [1.165, 1.54) is 0 Å². The molecule has 1 rings (SSSR count). The first-order valence-electron chi connectivity index (χ1n) is 5.40. The van der Waals surface area contributed by atoms with Gasteiger partial charge in [0.2, 0.25) is 0 Å². The van der Waals surface area contributed by atoms with Crippen molar-refractivity contribution < 1.29 is 9.47 Å². The summed E-state index contributed by atoms with van der Waals surface area (Å²) < 4.78 is 10.5. The SMILES string of the molecule is COc1ccc(OC)c(C(N)CCCN)c1. The maximum atomic E-state index is 6.09. The lowest BCUT2D eigenvalue weighted by molar-refractivity contribution is 0.393. The third-order valence-corrected chi connectivity index (χ3v) is 2.56. The van der Waals surface area contributed by atoms with Crippen molar-refractivity contribution >= 4 is 0 Å². The smallest absolute Gasteiger partial charge is 0.123 e. The maximum absolute atomic E-state index is 6.09. The molecule has 0 amide bonds. The quantitative estimate of drug-likeness (QED) is 0.767. The molecule has 0 aliphatic heterocycles. The van der Waals surface area contributed by atoms with Crippen molar-refractivity contribution in [1.82, 2.24) is 0 Å². The molecule has 4 N–H and O–H groups in total. The number of hydrogen-bond donors (Lipinski definition) is 2. The summed E-state index contributed by atoms with van der Waals surface area (Å²) in [5, 5.41) is 0. The number of nitrogens with two attached hydrogens (primary N) is 2. The molecule has 1 unspecified atom stereocenters. The van der Waals surface area contributed by atoms with E-state index in [9.17, 15) is 0 Å². The van der Waals surface area contributed by atoms with Crippen LogP contribution >= 0.6 is 0 Å². The molecule has 0 radical (unpaired) electrons. The lowest BCUT2D eigenvalue weighted by atomic mass is 10.0. The van der Waals surface area contributed by atoms with Gasteiger partial charge in [0.15, 0.2) is 0 Å². The van der Waals surface area contributed by atoms with E-state index in [0.29, 0.717) is 6.54 Å². The van der Waals surface area contributed by atoms with E-state index in [0.717, 1.165) is 29.9 Å². The topological polar surface area (TPSA) is 70.5 Å². The van der Waals surface area contributed by atoms with Crippen molar-refractivity contribution in [2.45, 2.75) is 18.9 Å². The fourth-order valence-electron chi connectivity index (χ4n) is 1.62. The van der Waals surface area contributed by atoms with Gasteiger partial charge in [0, 0.05) is 11.6 Å². The minimum Gasteiger partial charge on any atom is -0.497 e. The summed E-state index contributed by atoms with van der Waals surface area (Å²) in [6, 6.07) is 5.59. The molecule has 0 saturated heterocycles. The van der Waals surface area contributed by atoms with Crippen LogP contribution in [0.15, 0.2) is 18.2 Å². The van der Waals surface area contributed by atoms with Crippen molar-refractivity contribution in [2.24, 2.45) is 11.5 Å². The summed E-state index contributed by atoms with van der Waals surface area (Å²) in [6.07, 6.45) is 1.75. The van der Waals surface area contributed by atoms with Crippen molar-refractivity contribution in [3.63, 3.8) is 0 Å². The molecular weight excluding hydrogens is 204 g/mol. The Kier molecular flexibility index (Phi) is 5.08. The minimum absolute atomic E-state index is 0.0615. The standard InChI is InChI=1S/C12H20N2O2/c1-15-9-5-6-12(16-2)10(8-9)11(14)4-3-7-13/h5-6,8,11H,3-4,7,13-14H2,1-2H3. The molecule has 1 atom stereocenters. The second kappa shape index (κ2) is 6.35. The van der Waals surface area contributed by atoms with Crippen molar-refractivity contribution in [3.8, 4) is 11.5 Å². The van der Waals surface area contributed by atoms with Crippen LogP contribution in [0, 0.1) is 0 Å². The molecule has 16 heavy (non-hydrogen) atoms. The Morgan fingerprint density at radius 2 is 2.00 bits per heavy atom. The van der Waals surface area contributed by atoms with Crippen molar-refractivity contribution in [2.75, 3.05) is 20.8 Å². The molecule has 0 bridgehead atoms. The van der Waals surface area contributed by atoms with Crippen LogP contribution in [0.5, 0.6) is 11.5 Å². The van der Waals surface area contributed by atoms with Crippen LogP contribution in [0.1, 0.15) is 24.4 Å². The summed E-state index contributed by atoms with van der Waals surface area (Å²) in [5.74, 6) is 1.59. The van der Waals surface area contributed by atoms with Gasteiger partial charge in [0.1, 0.15) is 11.5 Å². The zero-order valence-electron chi connectivity index (χ0n) is 9.90. The van der Waals surface area contributed by atoms with E-state index in [4.69, 9.17) is 20.9 Å². The Hall–Kier alpha value is -1.26. The molecule has 0 spiro atoms. The molecule has 4 nitrogen and oxygen atoms in total. The van der Waals surface area contributed by atoms with Crippen LogP contribution in [0.4, 0.5) is 0 Å². The van der Waals surface area contributed by atoms with E-state index < -0.39 is 0 Å². The molecule has 0 aromatic heterocycles. The van der Waals surface area contributed by atoms with Gasteiger partial charge >= 0.3 is 0 Å². The van der Waals surface area contributed by atoms with Crippen LogP contribution in [0.25, 0.3) is 0 Å². The van der Waals surface area contributed by atoms with Crippen LogP contribution in [-0.2, 0) is 0 Å². The summed E-state index contributed by atoms with van der Waals surface area (Å²) >= 11 is 0. The van der Waals surface area contributed by atoms with Gasteiger partial charge in [-0.2, -0.15) is 0 Å². The van der Waals surface area contributed by atoms with Crippen LogP contribution < -0.4 is 20.9 Å². The number of benzene rings is 1. The Bertz CT molecular complexity index is 329. The summed E-state index contributed by atoms with van der Waals surface area (Å²) in [4.78, 5) is 0. The van der Waals surface area contributed by atoms with E-state index in [1.54, 1.807) is 14.2 Å². The zero-order valence-corrected chi connectivity index (χ0v) is 9.90. The summed E-state index contributed by atoms with van der Waals surface area (Å²) in [7, 11) is 3.28. The van der Waals surface area contributed by atoms with Crippen LogP contribution in [-0.4, -0.2) is 20.8 Å². The second-order valence-electron chi connectivity index (χ2n) is 3.65. The Morgan fingerprint density at radius 3 is 2.56 bits per heavy atom. The molecule has 0 aliphatic rings. The van der Waals surface area contributed by atoms with E-state index in [1.807, 2.05) is 18.2 Å². The Balaban J connectivity index is 2.89. The predicted octanol–water partition coefficient (Wildman–Crippen LogP) is 1.44. The molecule has 90 valence electrons. The molecule has 0 heterocycles. The zero-order chi connectivity index (χ0) is 12.0. The minimum atomic E-state index is -0.0615. The lowest BCUT2D eigenvalue weighted by Gasteiger charge is -2.16. The molecular formula is C12H20N2O2. The number of methoxy groups -OCH3 is 2. The predicted molar refractivity (Wildman–Crippen MR) is 64.8 cm³/mol. The molecule has 0 fully saturated rings. The van der Waals surface area contributed by atoms with Gasteiger partial charge in [0.25, 0.3) is 0 Å². The molecule has 1 aromatic rings. The third kappa shape index (κ3) is 3.12. The van der Waals surface area contributed by atoms with Crippen molar-refractivity contribution in [1.29, 1.82) is 0 Å². The van der Waals surface area contributed by atoms with Crippen LogP contribution in [0.3, 0.4) is 0 Å². The highest BCUT2D eigenvalue weighted by molar-refractivity contribution is 5.42. The average Bonchev–Trinajstić information content (AvgIpc) is 2.35. The van der Waals surface area contributed by atoms with Gasteiger partial charge in [-0.3, -0.25) is 0 Å². The highest BCUT2D eigenvalue weighted by Gasteiger charge is 2.12. The van der Waals surface area contributed by atoms with Gasteiger partial charge in [-0.15, -0.1) is 0 Å². The van der Waals surface area contributed by atoms with E-state index in [-0.39, 0.29) is 6.04 Å². The van der Waals surface area contributed by atoms with Gasteiger partial charge in [-0.1, -0.05) is 0 Å². The summed E-state index contributed by atoms with van der Waals surface area (Å²) in [5.41, 5.74) is 12.5. The highest BCUT2D eigenvalue weighted by atomic mass is 16.5. The monoisotopic (exact) mass is 224 g/mol. The first-order chi connectivity index (χ1) is 7.72. The first-order valence-corrected chi connectivity index (χ1v) is 5.40. The molecule has 0 saturated carbocycles. The van der Waals surface area contributed by atoms with Crippen LogP contribution in [0.2, 0.25) is 0 Å². The van der Waals surface area contributed by atoms with Gasteiger partial charge in [0.05, 0.1) is 14.2 Å². The van der Waals surface area contributed by atoms with Gasteiger partial charge < -0.3 is 20.9 Å². The second-order valence-corrected chi connectivity index (χ2v) is 3.65. The fourth-order valence-corrected chi connectivity index (χ4v) is 1.62.